The van der Waals surface area contributed by atoms with Gasteiger partial charge in [0.2, 0.25) is 0 Å². The van der Waals surface area contributed by atoms with Gasteiger partial charge in [0.25, 0.3) is 0 Å². The number of fused-ring (bicyclic) bond motifs is 1. The smallest absolute Gasteiger partial charge is 0.145 e. The number of aryl methyl sites for hydroxylation is 4. The van der Waals surface area contributed by atoms with Crippen LogP contribution in [-0.4, -0.2) is 9.55 Å². The van der Waals surface area contributed by atoms with Gasteiger partial charge in [-0.05, 0) is 73.8 Å². The quantitative estimate of drug-likeness (QED) is 0.478. The Morgan fingerprint density at radius 3 is 2.29 bits per heavy atom. The van der Waals surface area contributed by atoms with Gasteiger partial charge in [-0.25, -0.2) is 4.98 Å². The molecule has 0 bridgehead atoms. The Morgan fingerprint density at radius 1 is 0.964 bits per heavy atom. The van der Waals surface area contributed by atoms with E-state index in [0.29, 0.717) is 5.92 Å². The molecule has 2 aromatic carbocycles. The van der Waals surface area contributed by atoms with Gasteiger partial charge >= 0.3 is 0 Å². The number of imidazole rings is 1. The fraction of sp³-hybridized carbons (Fsp3) is 0.423. The lowest BCUT2D eigenvalue weighted by atomic mass is 9.90. The van der Waals surface area contributed by atoms with Gasteiger partial charge in [-0.15, -0.1) is 0 Å². The van der Waals surface area contributed by atoms with E-state index >= 15 is 0 Å². The molecule has 1 heterocycles. The molecular formula is C26H34N2. The second-order valence-corrected chi connectivity index (χ2v) is 8.04. The van der Waals surface area contributed by atoms with Crippen LogP contribution >= 0.6 is 0 Å². The number of hydrogen-bond donors (Lipinski definition) is 0. The monoisotopic (exact) mass is 374 g/mol. The lowest BCUT2D eigenvalue weighted by Gasteiger charge is -2.20. The van der Waals surface area contributed by atoms with Crippen LogP contribution in [0.2, 0.25) is 0 Å². The van der Waals surface area contributed by atoms with Crippen molar-refractivity contribution in [2.75, 3.05) is 0 Å². The molecule has 4 rings (SSSR count). The molecule has 0 saturated carbocycles. The largest absolute Gasteiger partial charge is 0.299 e. The van der Waals surface area contributed by atoms with Gasteiger partial charge in [-0.1, -0.05) is 57.5 Å². The Balaban J connectivity index is 0.00000109. The number of hydrogen-bond acceptors (Lipinski definition) is 1. The number of aromatic nitrogens is 2. The van der Waals surface area contributed by atoms with Crippen molar-refractivity contribution in [3.05, 3.63) is 70.0 Å². The van der Waals surface area contributed by atoms with Gasteiger partial charge in [0.1, 0.15) is 5.82 Å². The van der Waals surface area contributed by atoms with Crippen molar-refractivity contribution >= 4 is 0 Å². The molecule has 0 aliphatic heterocycles. The Labute approximate surface area is 170 Å². The van der Waals surface area contributed by atoms with E-state index in [2.05, 4.69) is 69.6 Å². The summed E-state index contributed by atoms with van der Waals surface area (Å²) in [6.45, 7) is 15.2. The maximum atomic E-state index is 4.85. The van der Waals surface area contributed by atoms with Gasteiger partial charge in [0.05, 0.1) is 5.69 Å². The van der Waals surface area contributed by atoms with E-state index in [1.165, 1.54) is 63.9 Å². The summed E-state index contributed by atoms with van der Waals surface area (Å²) in [6.07, 6.45) is 7.70. The number of rotatable bonds is 3. The van der Waals surface area contributed by atoms with Crippen molar-refractivity contribution in [3.8, 4) is 17.1 Å². The molecular weight excluding hydrogens is 340 g/mol. The molecule has 0 N–H and O–H groups in total. The maximum Gasteiger partial charge on any atom is 0.145 e. The van der Waals surface area contributed by atoms with Crippen LogP contribution < -0.4 is 0 Å². The summed E-state index contributed by atoms with van der Waals surface area (Å²) in [7, 11) is 0. The fourth-order valence-electron chi connectivity index (χ4n) is 4.65. The molecule has 0 saturated heterocycles. The van der Waals surface area contributed by atoms with Crippen LogP contribution in [0.3, 0.4) is 0 Å². The van der Waals surface area contributed by atoms with Gasteiger partial charge in [-0.2, -0.15) is 0 Å². The van der Waals surface area contributed by atoms with E-state index in [9.17, 15) is 0 Å². The van der Waals surface area contributed by atoms with E-state index in [-0.39, 0.29) is 0 Å². The molecule has 3 aromatic rings. The lowest BCUT2D eigenvalue weighted by molar-refractivity contribution is 0.859. The lowest BCUT2D eigenvalue weighted by Crippen LogP contribution is -2.06. The van der Waals surface area contributed by atoms with Crippen LogP contribution in [-0.2, 0) is 12.8 Å². The Kier molecular flexibility index (Phi) is 6.07. The zero-order valence-electron chi connectivity index (χ0n) is 18.6. The molecule has 1 aliphatic carbocycles. The molecule has 2 heteroatoms. The predicted octanol–water partition coefficient (Wildman–Crippen LogP) is 7.10. The molecule has 1 aliphatic rings. The van der Waals surface area contributed by atoms with Crippen molar-refractivity contribution in [1.29, 1.82) is 0 Å². The first-order valence-corrected chi connectivity index (χ1v) is 10.7. The average molecular weight is 375 g/mol. The van der Waals surface area contributed by atoms with Crippen molar-refractivity contribution in [2.24, 2.45) is 0 Å². The van der Waals surface area contributed by atoms with Gasteiger partial charge in [-0.3, -0.25) is 4.57 Å². The molecule has 0 unspecified atom stereocenters. The summed E-state index contributed by atoms with van der Waals surface area (Å²) >= 11 is 0. The van der Waals surface area contributed by atoms with Crippen LogP contribution in [0.4, 0.5) is 0 Å². The zero-order chi connectivity index (χ0) is 20.4. The van der Waals surface area contributed by atoms with E-state index in [1.54, 1.807) is 0 Å². The van der Waals surface area contributed by atoms with Crippen LogP contribution in [0.5, 0.6) is 0 Å². The normalized spacial score (nSPS) is 12.7. The van der Waals surface area contributed by atoms with Crippen LogP contribution in [0.25, 0.3) is 17.1 Å². The van der Waals surface area contributed by atoms with E-state index < -0.39 is 0 Å². The molecule has 148 valence electrons. The number of nitrogens with zero attached hydrogens (tertiary/aromatic N) is 2. The second kappa shape index (κ2) is 8.34. The minimum atomic E-state index is 0.487. The first-order chi connectivity index (χ1) is 13.5. The summed E-state index contributed by atoms with van der Waals surface area (Å²) < 4.78 is 2.31. The Hall–Kier alpha value is -2.35. The summed E-state index contributed by atoms with van der Waals surface area (Å²) in [4.78, 5) is 4.85. The summed E-state index contributed by atoms with van der Waals surface area (Å²) in [5, 5.41) is 0. The minimum absolute atomic E-state index is 0.487. The highest BCUT2D eigenvalue weighted by molar-refractivity contribution is 5.71. The molecule has 28 heavy (non-hydrogen) atoms. The van der Waals surface area contributed by atoms with Crippen molar-refractivity contribution < 1.29 is 0 Å². The van der Waals surface area contributed by atoms with Gasteiger partial charge in [0.15, 0.2) is 0 Å². The highest BCUT2D eigenvalue weighted by Gasteiger charge is 2.24. The maximum absolute atomic E-state index is 4.85. The molecule has 0 atom stereocenters. The SMILES string of the molecule is CC.Cc1cc(C)c(-n2ccnc2-c2c(C(C)C)ccc3c2CCC3)c(C)c1. The Morgan fingerprint density at radius 2 is 1.64 bits per heavy atom. The second-order valence-electron chi connectivity index (χ2n) is 8.04. The van der Waals surface area contributed by atoms with Crippen molar-refractivity contribution in [1.82, 2.24) is 9.55 Å². The zero-order valence-corrected chi connectivity index (χ0v) is 18.6. The first-order valence-electron chi connectivity index (χ1n) is 10.7. The molecule has 0 amide bonds. The van der Waals surface area contributed by atoms with Crippen molar-refractivity contribution in [3.63, 3.8) is 0 Å². The molecule has 0 radical (unpaired) electrons. The Bertz CT molecular complexity index is 953. The highest BCUT2D eigenvalue weighted by Crippen LogP contribution is 2.39. The fourth-order valence-corrected chi connectivity index (χ4v) is 4.65. The average Bonchev–Trinajstić information content (AvgIpc) is 3.30. The predicted molar refractivity (Wildman–Crippen MR) is 121 cm³/mol. The molecule has 0 spiro atoms. The third kappa shape index (κ3) is 3.53. The summed E-state index contributed by atoms with van der Waals surface area (Å²) in [5.74, 6) is 1.59. The van der Waals surface area contributed by atoms with Crippen LogP contribution in [0.15, 0.2) is 36.7 Å². The molecule has 2 nitrogen and oxygen atoms in total. The van der Waals surface area contributed by atoms with E-state index in [0.717, 1.165) is 5.82 Å². The van der Waals surface area contributed by atoms with Gasteiger partial charge < -0.3 is 0 Å². The summed E-state index contributed by atoms with van der Waals surface area (Å²) in [6, 6.07) is 9.21. The number of benzene rings is 2. The van der Waals surface area contributed by atoms with E-state index in [1.807, 2.05) is 20.0 Å². The summed E-state index contributed by atoms with van der Waals surface area (Å²) in [5.41, 5.74) is 11.0. The highest BCUT2D eigenvalue weighted by atomic mass is 15.1. The third-order valence-electron chi connectivity index (χ3n) is 5.68. The van der Waals surface area contributed by atoms with E-state index in [4.69, 9.17) is 4.98 Å². The molecule has 1 aromatic heterocycles. The van der Waals surface area contributed by atoms with Crippen LogP contribution in [0, 0.1) is 20.8 Å². The molecule has 0 fully saturated rings. The standard InChI is InChI=1S/C24H28N2.C2H6/c1-15(2)20-10-9-19-7-6-8-21(19)22(20)24-25-11-12-26(24)23-17(4)13-16(3)14-18(23)5;1-2/h9-15H,6-8H2,1-5H3;1-2H3. The van der Waals surface area contributed by atoms with Crippen LogP contribution in [0.1, 0.15) is 73.4 Å². The topological polar surface area (TPSA) is 17.8 Å². The van der Waals surface area contributed by atoms with Gasteiger partial charge in [0, 0.05) is 18.0 Å². The van der Waals surface area contributed by atoms with Crippen molar-refractivity contribution in [2.45, 2.75) is 73.6 Å². The minimum Gasteiger partial charge on any atom is -0.299 e. The first kappa shape index (κ1) is 20.4. The third-order valence-corrected chi connectivity index (χ3v) is 5.68.